The number of carbonyl (C=O) groups is 3. The third-order valence-electron chi connectivity index (χ3n) is 3.88. The van der Waals surface area contributed by atoms with Gasteiger partial charge in [0.25, 0.3) is 0 Å². The van der Waals surface area contributed by atoms with E-state index in [1.165, 1.54) is 12.1 Å². The molecule has 0 bridgehead atoms. The molecule has 0 spiro atoms. The SMILES string of the molecule is CC(C)(C)OC(=O)N[C@@H](COCc1ccccc1)C(=O)OCC(=O)c1ccc(F)cc1. The van der Waals surface area contributed by atoms with Crippen molar-refractivity contribution < 1.29 is 33.0 Å². The van der Waals surface area contributed by atoms with Crippen LogP contribution in [0.4, 0.5) is 9.18 Å². The van der Waals surface area contributed by atoms with Gasteiger partial charge in [-0.1, -0.05) is 30.3 Å². The van der Waals surface area contributed by atoms with E-state index in [4.69, 9.17) is 14.2 Å². The number of ether oxygens (including phenoxy) is 3. The smallest absolute Gasteiger partial charge is 0.408 e. The predicted molar refractivity (Wildman–Crippen MR) is 111 cm³/mol. The van der Waals surface area contributed by atoms with E-state index < -0.39 is 41.9 Å². The van der Waals surface area contributed by atoms with Gasteiger partial charge in [0, 0.05) is 5.56 Å². The van der Waals surface area contributed by atoms with E-state index >= 15 is 0 Å². The molecule has 0 aliphatic rings. The Morgan fingerprint density at radius 3 is 2.26 bits per heavy atom. The Labute approximate surface area is 180 Å². The molecular formula is C23H26FNO6. The van der Waals surface area contributed by atoms with E-state index in [0.717, 1.165) is 17.7 Å². The summed E-state index contributed by atoms with van der Waals surface area (Å²) in [5.41, 5.74) is 0.326. The van der Waals surface area contributed by atoms with Gasteiger partial charge < -0.3 is 19.5 Å². The van der Waals surface area contributed by atoms with Crippen LogP contribution < -0.4 is 5.32 Å². The second kappa shape index (κ2) is 11.2. The summed E-state index contributed by atoms with van der Waals surface area (Å²) in [5.74, 6) is -1.84. The van der Waals surface area contributed by atoms with Crippen LogP contribution in [0, 0.1) is 5.82 Å². The Kier molecular flexibility index (Phi) is 8.69. The number of amides is 1. The van der Waals surface area contributed by atoms with Crippen LogP contribution in [0.1, 0.15) is 36.7 Å². The van der Waals surface area contributed by atoms with Crippen molar-refractivity contribution in [2.75, 3.05) is 13.2 Å². The van der Waals surface area contributed by atoms with Gasteiger partial charge >= 0.3 is 12.1 Å². The molecule has 31 heavy (non-hydrogen) atoms. The minimum atomic E-state index is -1.18. The monoisotopic (exact) mass is 431 g/mol. The molecule has 2 aromatic rings. The topological polar surface area (TPSA) is 90.9 Å². The molecule has 0 saturated carbocycles. The van der Waals surface area contributed by atoms with Gasteiger partial charge in [-0.05, 0) is 50.6 Å². The van der Waals surface area contributed by atoms with E-state index in [2.05, 4.69) is 5.32 Å². The predicted octanol–water partition coefficient (Wildman–Crippen LogP) is 3.66. The molecule has 1 amide bonds. The molecule has 2 rings (SSSR count). The number of hydrogen-bond donors (Lipinski definition) is 1. The van der Waals surface area contributed by atoms with Crippen molar-refractivity contribution >= 4 is 17.8 Å². The van der Waals surface area contributed by atoms with Crippen LogP contribution in [-0.4, -0.2) is 42.7 Å². The minimum absolute atomic E-state index is 0.183. The summed E-state index contributed by atoms with van der Waals surface area (Å²) in [6.07, 6.45) is -0.817. The molecule has 0 aromatic heterocycles. The maximum absolute atomic E-state index is 13.0. The molecule has 0 saturated heterocycles. The Balaban J connectivity index is 1.95. The summed E-state index contributed by atoms with van der Waals surface area (Å²) in [6.45, 7) is 4.54. The molecule has 0 radical (unpaired) electrons. The zero-order chi connectivity index (χ0) is 22.9. The quantitative estimate of drug-likeness (QED) is 0.481. The summed E-state index contributed by atoms with van der Waals surface area (Å²) in [5, 5.41) is 2.41. The van der Waals surface area contributed by atoms with Crippen LogP contribution in [0.15, 0.2) is 54.6 Å². The second-order valence-electron chi connectivity index (χ2n) is 7.74. The fourth-order valence-electron chi connectivity index (χ4n) is 2.44. The molecule has 166 valence electrons. The van der Waals surface area contributed by atoms with E-state index in [9.17, 15) is 18.8 Å². The number of ketones is 1. The van der Waals surface area contributed by atoms with Crippen molar-refractivity contribution in [1.82, 2.24) is 5.32 Å². The molecule has 0 aliphatic heterocycles. The molecule has 1 N–H and O–H groups in total. The summed E-state index contributed by atoms with van der Waals surface area (Å²) in [4.78, 5) is 36.7. The average Bonchev–Trinajstić information content (AvgIpc) is 2.71. The normalized spacial score (nSPS) is 12.0. The zero-order valence-electron chi connectivity index (χ0n) is 17.7. The standard InChI is InChI=1S/C23H26FNO6/c1-23(2,3)31-22(28)25-19(14-29-13-16-7-5-4-6-8-16)21(27)30-15-20(26)17-9-11-18(24)12-10-17/h4-12,19H,13-15H2,1-3H3,(H,25,28)/t19-/m0/s1. The Hall–Kier alpha value is -3.26. The first-order valence-electron chi connectivity index (χ1n) is 9.70. The average molecular weight is 431 g/mol. The lowest BCUT2D eigenvalue weighted by Crippen LogP contribution is -2.47. The summed E-state index contributed by atoms with van der Waals surface area (Å²) >= 11 is 0. The highest BCUT2D eigenvalue weighted by Crippen LogP contribution is 2.08. The number of alkyl carbamates (subject to hydrolysis) is 1. The Morgan fingerprint density at radius 1 is 1.00 bits per heavy atom. The lowest BCUT2D eigenvalue weighted by atomic mass is 10.1. The van der Waals surface area contributed by atoms with Gasteiger partial charge in [-0.2, -0.15) is 0 Å². The van der Waals surface area contributed by atoms with Crippen molar-refractivity contribution in [2.45, 2.75) is 39.0 Å². The van der Waals surface area contributed by atoms with Crippen LogP contribution in [-0.2, 0) is 25.6 Å². The highest BCUT2D eigenvalue weighted by Gasteiger charge is 2.26. The van der Waals surface area contributed by atoms with Gasteiger partial charge in [-0.25, -0.2) is 14.0 Å². The largest absolute Gasteiger partial charge is 0.456 e. The lowest BCUT2D eigenvalue weighted by Gasteiger charge is -2.23. The molecule has 2 aromatic carbocycles. The lowest BCUT2D eigenvalue weighted by molar-refractivity contribution is -0.146. The highest BCUT2D eigenvalue weighted by atomic mass is 19.1. The Bertz CT molecular complexity index is 877. The fraction of sp³-hybridized carbons (Fsp3) is 0.348. The van der Waals surface area contributed by atoms with E-state index in [0.29, 0.717) is 0 Å². The van der Waals surface area contributed by atoms with E-state index in [1.807, 2.05) is 30.3 Å². The number of rotatable bonds is 9. The van der Waals surface area contributed by atoms with Crippen LogP contribution >= 0.6 is 0 Å². The van der Waals surface area contributed by atoms with Gasteiger partial charge in [0.1, 0.15) is 11.4 Å². The zero-order valence-corrected chi connectivity index (χ0v) is 17.7. The third-order valence-corrected chi connectivity index (χ3v) is 3.88. The summed E-state index contributed by atoms with van der Waals surface area (Å²) in [7, 11) is 0. The van der Waals surface area contributed by atoms with Gasteiger partial charge in [-0.15, -0.1) is 0 Å². The van der Waals surface area contributed by atoms with Crippen LogP contribution in [0.2, 0.25) is 0 Å². The van der Waals surface area contributed by atoms with Crippen LogP contribution in [0.3, 0.4) is 0 Å². The molecule has 1 atom stereocenters. The first kappa shape index (κ1) is 24.0. The molecule has 0 fully saturated rings. The second-order valence-corrected chi connectivity index (χ2v) is 7.74. The minimum Gasteiger partial charge on any atom is -0.456 e. The number of esters is 1. The number of benzene rings is 2. The van der Waals surface area contributed by atoms with Crippen molar-refractivity contribution in [3.05, 3.63) is 71.5 Å². The molecule has 0 unspecified atom stereocenters. The third kappa shape index (κ3) is 8.96. The van der Waals surface area contributed by atoms with E-state index in [1.54, 1.807) is 20.8 Å². The molecular weight excluding hydrogens is 405 g/mol. The number of nitrogens with one attached hydrogen (secondary N) is 1. The van der Waals surface area contributed by atoms with E-state index in [-0.39, 0.29) is 18.8 Å². The maximum atomic E-state index is 13.0. The molecule has 0 heterocycles. The molecule has 0 aliphatic carbocycles. The first-order valence-corrected chi connectivity index (χ1v) is 9.70. The maximum Gasteiger partial charge on any atom is 0.408 e. The highest BCUT2D eigenvalue weighted by molar-refractivity contribution is 5.98. The van der Waals surface area contributed by atoms with Gasteiger partial charge in [0.05, 0.1) is 13.2 Å². The van der Waals surface area contributed by atoms with Crippen molar-refractivity contribution in [1.29, 1.82) is 0 Å². The number of halogens is 1. The van der Waals surface area contributed by atoms with Gasteiger partial charge in [0.2, 0.25) is 0 Å². The molecule has 8 heteroatoms. The fourth-order valence-corrected chi connectivity index (χ4v) is 2.44. The van der Waals surface area contributed by atoms with Crippen molar-refractivity contribution in [3.8, 4) is 0 Å². The van der Waals surface area contributed by atoms with Crippen molar-refractivity contribution in [2.24, 2.45) is 0 Å². The van der Waals surface area contributed by atoms with Crippen LogP contribution in [0.25, 0.3) is 0 Å². The summed E-state index contributed by atoms with van der Waals surface area (Å²) in [6, 6.07) is 13.0. The molecule has 7 nitrogen and oxygen atoms in total. The van der Waals surface area contributed by atoms with Crippen molar-refractivity contribution in [3.63, 3.8) is 0 Å². The van der Waals surface area contributed by atoms with Gasteiger partial charge in [0.15, 0.2) is 18.4 Å². The van der Waals surface area contributed by atoms with Crippen LogP contribution in [0.5, 0.6) is 0 Å². The number of hydrogen-bond acceptors (Lipinski definition) is 6. The van der Waals surface area contributed by atoms with Gasteiger partial charge in [-0.3, -0.25) is 4.79 Å². The number of carbonyl (C=O) groups excluding carboxylic acids is 3. The first-order chi connectivity index (χ1) is 14.6. The summed E-state index contributed by atoms with van der Waals surface area (Å²) < 4.78 is 28.8. The number of Topliss-reactive ketones (excluding diaryl/α,β-unsaturated/α-hetero) is 1. The Morgan fingerprint density at radius 2 is 1.65 bits per heavy atom.